The third-order valence-electron chi connectivity index (χ3n) is 1.98. The number of benzene rings is 1. The summed E-state index contributed by atoms with van der Waals surface area (Å²) in [6, 6.07) is 6.10. The zero-order chi connectivity index (χ0) is 11.3. The zero-order valence-corrected chi connectivity index (χ0v) is 11.5. The van der Waals surface area contributed by atoms with E-state index in [2.05, 4.69) is 35.2 Å². The van der Waals surface area contributed by atoms with Crippen LogP contribution in [-0.2, 0) is 0 Å². The van der Waals surface area contributed by atoms with E-state index in [9.17, 15) is 0 Å². The van der Waals surface area contributed by atoms with E-state index in [-0.39, 0.29) is 0 Å². The first kappa shape index (κ1) is 12.8. The van der Waals surface area contributed by atoms with E-state index in [0.717, 1.165) is 20.8 Å². The molecule has 1 radical (unpaired) electrons. The lowest BCUT2D eigenvalue weighted by Crippen LogP contribution is -2.00. The van der Waals surface area contributed by atoms with Crippen molar-refractivity contribution in [3.8, 4) is 5.75 Å². The van der Waals surface area contributed by atoms with Gasteiger partial charge in [0.25, 0.3) is 0 Å². The Kier molecular flexibility index (Phi) is 5.47. The predicted octanol–water partition coefficient (Wildman–Crippen LogP) is 4.04. The molecular weight excluding hydrogens is 322 g/mol. The highest BCUT2D eigenvalue weighted by atomic mass is 127. The van der Waals surface area contributed by atoms with E-state index in [1.54, 1.807) is 0 Å². The minimum Gasteiger partial charge on any atom is -0.492 e. The molecule has 0 aliphatic rings. The van der Waals surface area contributed by atoms with Gasteiger partial charge in [-0.05, 0) is 46.4 Å². The molecule has 1 aromatic rings. The molecule has 0 N–H and O–H groups in total. The van der Waals surface area contributed by atoms with Gasteiger partial charge in [0.2, 0.25) is 0 Å². The Labute approximate surface area is 110 Å². The van der Waals surface area contributed by atoms with E-state index in [4.69, 9.17) is 16.3 Å². The van der Waals surface area contributed by atoms with Gasteiger partial charge in [0, 0.05) is 9.49 Å². The van der Waals surface area contributed by atoms with Gasteiger partial charge in [-0.2, -0.15) is 0 Å². The Balaban J connectivity index is 2.89. The molecule has 0 saturated heterocycles. The van der Waals surface area contributed by atoms with Gasteiger partial charge in [-0.25, -0.2) is 0 Å². The second kappa shape index (κ2) is 6.38. The van der Waals surface area contributed by atoms with Crippen molar-refractivity contribution in [1.29, 1.82) is 0 Å². The number of ether oxygens (including phenoxy) is 1. The molecule has 1 rings (SSSR count). The van der Waals surface area contributed by atoms with Gasteiger partial charge in [-0.3, -0.25) is 0 Å². The number of halogens is 2. The Morgan fingerprint density at radius 2 is 2.27 bits per heavy atom. The van der Waals surface area contributed by atoms with Crippen molar-refractivity contribution >= 4 is 34.2 Å². The first-order valence-electron chi connectivity index (χ1n) is 4.63. The molecule has 3 heteroatoms. The molecule has 0 aromatic heterocycles. The van der Waals surface area contributed by atoms with E-state index < -0.39 is 0 Å². The van der Waals surface area contributed by atoms with Gasteiger partial charge >= 0.3 is 0 Å². The third kappa shape index (κ3) is 4.03. The second-order valence-corrected chi connectivity index (χ2v) is 4.72. The number of alkyl halides is 1. The van der Waals surface area contributed by atoms with Crippen LogP contribution in [0.25, 0.3) is 0 Å². The van der Waals surface area contributed by atoms with Crippen LogP contribution in [0.3, 0.4) is 0 Å². The van der Waals surface area contributed by atoms with Crippen LogP contribution < -0.4 is 4.74 Å². The molecule has 0 aliphatic carbocycles. The van der Waals surface area contributed by atoms with Crippen molar-refractivity contribution < 1.29 is 4.74 Å². The topological polar surface area (TPSA) is 9.23 Å². The Morgan fingerprint density at radius 3 is 2.87 bits per heavy atom. The Hall–Kier alpha value is -0.220. The summed E-state index contributed by atoms with van der Waals surface area (Å²) >= 11 is 7.84. The average Bonchev–Trinajstić information content (AvgIpc) is 2.24. The summed E-state index contributed by atoms with van der Waals surface area (Å²) in [6.45, 7) is 6.32. The highest BCUT2D eigenvalue weighted by molar-refractivity contribution is 14.1. The van der Waals surface area contributed by atoms with Crippen LogP contribution in [0.4, 0.5) is 0 Å². The summed E-state index contributed by atoms with van der Waals surface area (Å²) in [6.07, 6.45) is 1.84. The molecule has 0 saturated carbocycles. The predicted molar refractivity (Wildman–Crippen MR) is 73.6 cm³/mol. The van der Waals surface area contributed by atoms with Crippen molar-refractivity contribution in [2.75, 3.05) is 12.5 Å². The van der Waals surface area contributed by atoms with Crippen LogP contribution in [0.1, 0.15) is 12.5 Å². The van der Waals surface area contributed by atoms with Gasteiger partial charge < -0.3 is 4.74 Å². The first-order chi connectivity index (χ1) is 7.17. The number of allylic oxidation sites excluding steroid dienone is 1. The summed E-state index contributed by atoms with van der Waals surface area (Å²) in [5.74, 6) is 2.51. The molecule has 0 aliphatic heterocycles. The van der Waals surface area contributed by atoms with E-state index >= 15 is 0 Å². The highest BCUT2D eigenvalue weighted by Gasteiger charge is 2.05. The van der Waals surface area contributed by atoms with Crippen LogP contribution in [-0.4, -0.2) is 12.5 Å². The van der Waals surface area contributed by atoms with Crippen molar-refractivity contribution in [3.63, 3.8) is 0 Å². The molecule has 0 spiro atoms. The molecule has 0 bridgehead atoms. The molecule has 15 heavy (non-hydrogen) atoms. The summed E-state index contributed by atoms with van der Waals surface area (Å²) in [5, 5.41) is 0. The lowest BCUT2D eigenvalue weighted by Gasteiger charge is -2.10. The Morgan fingerprint density at radius 1 is 1.53 bits per heavy atom. The largest absolute Gasteiger partial charge is 0.492 e. The zero-order valence-electron chi connectivity index (χ0n) is 8.59. The van der Waals surface area contributed by atoms with Gasteiger partial charge in [0.1, 0.15) is 12.4 Å². The van der Waals surface area contributed by atoms with E-state index in [0.29, 0.717) is 12.5 Å². The summed E-state index contributed by atoms with van der Waals surface area (Å²) < 4.78 is 6.64. The summed E-state index contributed by atoms with van der Waals surface area (Å²) in [5.41, 5.74) is 1.14. The number of rotatable bonds is 5. The molecule has 0 fully saturated rings. The van der Waals surface area contributed by atoms with Gasteiger partial charge in [-0.15, -0.1) is 18.2 Å². The summed E-state index contributed by atoms with van der Waals surface area (Å²) in [4.78, 5) is 0. The van der Waals surface area contributed by atoms with Gasteiger partial charge in [-0.1, -0.05) is 13.0 Å². The smallest absolute Gasteiger partial charge is 0.120 e. The molecule has 0 heterocycles. The molecular formula is C12H13ClIO. The SMILES string of the molecule is C=C[C](C)c1cc(I)cc(OCCCl)c1. The lowest BCUT2D eigenvalue weighted by molar-refractivity contribution is 0.342. The number of hydrogen-bond acceptors (Lipinski definition) is 1. The normalized spacial score (nSPS) is 10.4. The molecule has 81 valence electrons. The fourth-order valence-corrected chi connectivity index (χ4v) is 1.87. The van der Waals surface area contributed by atoms with Crippen molar-refractivity contribution in [2.45, 2.75) is 6.92 Å². The molecule has 1 nitrogen and oxygen atoms in total. The lowest BCUT2D eigenvalue weighted by atomic mass is 10.0. The maximum absolute atomic E-state index is 5.57. The van der Waals surface area contributed by atoms with Crippen LogP contribution >= 0.6 is 34.2 Å². The van der Waals surface area contributed by atoms with E-state index in [1.165, 1.54) is 0 Å². The molecule has 0 amide bonds. The Bertz CT molecular complexity index is 338. The first-order valence-corrected chi connectivity index (χ1v) is 6.24. The summed E-state index contributed by atoms with van der Waals surface area (Å²) in [7, 11) is 0. The van der Waals surface area contributed by atoms with Crippen LogP contribution in [0.2, 0.25) is 0 Å². The monoisotopic (exact) mass is 335 g/mol. The van der Waals surface area contributed by atoms with Gasteiger partial charge in [0.15, 0.2) is 0 Å². The fraction of sp³-hybridized carbons (Fsp3) is 0.250. The minimum absolute atomic E-state index is 0.505. The minimum atomic E-state index is 0.505. The molecule has 0 atom stereocenters. The standard InChI is InChI=1S/C12H13ClIO/c1-3-9(2)10-6-11(14)8-12(7-10)15-5-4-13/h3,6-8H,1,4-5H2,2H3. The van der Waals surface area contributed by atoms with Crippen molar-refractivity contribution in [2.24, 2.45) is 0 Å². The quantitative estimate of drug-likeness (QED) is 0.583. The maximum atomic E-state index is 5.57. The van der Waals surface area contributed by atoms with Crippen LogP contribution in [0.15, 0.2) is 30.9 Å². The van der Waals surface area contributed by atoms with Gasteiger partial charge in [0.05, 0.1) is 5.88 Å². The maximum Gasteiger partial charge on any atom is 0.120 e. The number of hydrogen-bond donors (Lipinski definition) is 0. The fourth-order valence-electron chi connectivity index (χ4n) is 1.15. The molecule has 1 aromatic carbocycles. The highest BCUT2D eigenvalue weighted by Crippen LogP contribution is 2.24. The van der Waals surface area contributed by atoms with Crippen LogP contribution in [0, 0.1) is 9.49 Å². The average molecular weight is 336 g/mol. The van der Waals surface area contributed by atoms with Crippen molar-refractivity contribution in [1.82, 2.24) is 0 Å². The second-order valence-electron chi connectivity index (χ2n) is 3.10. The van der Waals surface area contributed by atoms with E-state index in [1.807, 2.05) is 25.1 Å². The third-order valence-corrected chi connectivity index (χ3v) is 2.76. The van der Waals surface area contributed by atoms with Crippen LogP contribution in [0.5, 0.6) is 5.75 Å². The molecule has 0 unspecified atom stereocenters. The van der Waals surface area contributed by atoms with Crippen molar-refractivity contribution in [3.05, 3.63) is 45.9 Å².